The van der Waals surface area contributed by atoms with Gasteiger partial charge < -0.3 is 15.9 Å². The highest BCUT2D eigenvalue weighted by Gasteiger charge is 2.41. The van der Waals surface area contributed by atoms with Crippen LogP contribution in [0, 0.1) is 0 Å². The van der Waals surface area contributed by atoms with Gasteiger partial charge in [-0.2, -0.15) is 0 Å². The van der Waals surface area contributed by atoms with Crippen molar-refractivity contribution in [3.8, 4) is 0 Å². The molecule has 0 amide bonds. The Labute approximate surface area is 113 Å². The van der Waals surface area contributed by atoms with Crippen LogP contribution in [0.2, 0.25) is 0 Å². The largest absolute Gasteiger partial charge is 0.481 e. The Morgan fingerprint density at radius 3 is 2.05 bits per heavy atom. The molecule has 6 nitrogen and oxygen atoms in total. The summed E-state index contributed by atoms with van der Waals surface area (Å²) in [5.41, 5.74) is 3.49. The van der Waals surface area contributed by atoms with Crippen LogP contribution in [0.4, 0.5) is 0 Å². The third-order valence-corrected chi connectivity index (χ3v) is 3.12. The zero-order chi connectivity index (χ0) is 14.9. The highest BCUT2D eigenvalue weighted by Crippen LogP contribution is 2.16. The standard InChI is InChI=1S/C13H23NO5/c1-2-3-4-5-6-7-10(15)13(14,12(18)19)9-8-11(16)17/h2-9,14H2,1H3,(H,16,17)(H,18,19). The number of carboxylic acids is 2. The van der Waals surface area contributed by atoms with Crippen molar-refractivity contribution in [1.82, 2.24) is 0 Å². The number of carboxylic acid groups (broad SMARTS) is 2. The molecule has 0 heterocycles. The molecule has 0 aliphatic heterocycles. The quantitative estimate of drug-likeness (QED) is 0.388. The Bertz CT molecular complexity index is 329. The first kappa shape index (κ1) is 17.6. The average molecular weight is 273 g/mol. The predicted octanol–water partition coefficient (Wildman–Crippen LogP) is 1.56. The molecule has 19 heavy (non-hydrogen) atoms. The summed E-state index contributed by atoms with van der Waals surface area (Å²) >= 11 is 0. The molecular formula is C13H23NO5. The molecule has 0 aliphatic rings. The van der Waals surface area contributed by atoms with E-state index in [9.17, 15) is 14.4 Å². The van der Waals surface area contributed by atoms with Gasteiger partial charge in [-0.15, -0.1) is 0 Å². The normalized spacial score (nSPS) is 13.8. The SMILES string of the molecule is CCCCCCCC(=O)C(N)(CCC(=O)O)C(=O)O. The minimum absolute atomic E-state index is 0.0894. The molecule has 0 spiro atoms. The highest BCUT2D eigenvalue weighted by atomic mass is 16.4. The molecule has 0 aliphatic carbocycles. The number of ketones is 1. The second kappa shape index (κ2) is 8.63. The van der Waals surface area contributed by atoms with Gasteiger partial charge in [0.2, 0.25) is 0 Å². The first-order valence-corrected chi connectivity index (χ1v) is 6.62. The van der Waals surface area contributed by atoms with Gasteiger partial charge in [0.05, 0.1) is 0 Å². The number of nitrogens with two attached hydrogens (primary N) is 1. The van der Waals surface area contributed by atoms with Crippen molar-refractivity contribution in [1.29, 1.82) is 0 Å². The number of Topliss-reactive ketones (excluding diaryl/α,β-unsaturated/α-hetero) is 1. The summed E-state index contributed by atoms with van der Waals surface area (Å²) in [6.07, 6.45) is 3.92. The number of carbonyl (C=O) groups is 3. The van der Waals surface area contributed by atoms with Crippen LogP contribution in [0.3, 0.4) is 0 Å². The van der Waals surface area contributed by atoms with Crippen LogP contribution < -0.4 is 5.73 Å². The maximum absolute atomic E-state index is 11.9. The zero-order valence-electron chi connectivity index (χ0n) is 11.4. The monoisotopic (exact) mass is 273 g/mol. The van der Waals surface area contributed by atoms with E-state index in [4.69, 9.17) is 15.9 Å². The molecule has 6 heteroatoms. The lowest BCUT2D eigenvalue weighted by molar-refractivity contribution is -0.149. The van der Waals surface area contributed by atoms with Crippen molar-refractivity contribution in [2.24, 2.45) is 5.73 Å². The minimum Gasteiger partial charge on any atom is -0.481 e. The van der Waals surface area contributed by atoms with Crippen LogP contribution in [-0.4, -0.2) is 33.5 Å². The van der Waals surface area contributed by atoms with Gasteiger partial charge >= 0.3 is 11.9 Å². The van der Waals surface area contributed by atoms with Gasteiger partial charge in [-0.05, 0) is 12.8 Å². The van der Waals surface area contributed by atoms with Gasteiger partial charge in [0.15, 0.2) is 11.3 Å². The van der Waals surface area contributed by atoms with E-state index in [1.165, 1.54) is 0 Å². The summed E-state index contributed by atoms with van der Waals surface area (Å²) in [4.78, 5) is 33.4. The van der Waals surface area contributed by atoms with Gasteiger partial charge in [0, 0.05) is 12.8 Å². The van der Waals surface area contributed by atoms with Crippen molar-refractivity contribution in [3.63, 3.8) is 0 Å². The van der Waals surface area contributed by atoms with E-state index in [-0.39, 0.29) is 12.8 Å². The molecule has 110 valence electrons. The molecule has 0 aromatic rings. The maximum atomic E-state index is 11.9. The van der Waals surface area contributed by atoms with Gasteiger partial charge in [0.1, 0.15) is 0 Å². The molecule has 4 N–H and O–H groups in total. The third-order valence-electron chi connectivity index (χ3n) is 3.12. The van der Waals surface area contributed by atoms with Crippen molar-refractivity contribution in [2.45, 2.75) is 63.8 Å². The lowest BCUT2D eigenvalue weighted by Gasteiger charge is -2.22. The smallest absolute Gasteiger partial charge is 0.331 e. The molecule has 1 atom stereocenters. The second-order valence-corrected chi connectivity index (χ2v) is 4.76. The average Bonchev–Trinajstić information content (AvgIpc) is 2.35. The molecule has 0 rings (SSSR count). The van der Waals surface area contributed by atoms with Gasteiger partial charge in [-0.1, -0.05) is 32.6 Å². The molecule has 0 radical (unpaired) electrons. The molecule has 0 aromatic heterocycles. The number of unbranched alkanes of at least 4 members (excludes halogenated alkanes) is 4. The summed E-state index contributed by atoms with van der Waals surface area (Å²) in [7, 11) is 0. The van der Waals surface area contributed by atoms with E-state index < -0.39 is 29.7 Å². The maximum Gasteiger partial charge on any atom is 0.331 e. The Hall–Kier alpha value is -1.43. The van der Waals surface area contributed by atoms with Crippen molar-refractivity contribution < 1.29 is 24.6 Å². The fraction of sp³-hybridized carbons (Fsp3) is 0.769. The van der Waals surface area contributed by atoms with Crippen LogP contribution in [0.1, 0.15) is 58.3 Å². The van der Waals surface area contributed by atoms with E-state index in [2.05, 4.69) is 6.92 Å². The number of aliphatic carboxylic acids is 2. The molecule has 0 bridgehead atoms. The Kier molecular flexibility index (Phi) is 7.98. The Morgan fingerprint density at radius 2 is 1.58 bits per heavy atom. The molecule has 1 unspecified atom stereocenters. The van der Waals surface area contributed by atoms with Crippen LogP contribution in [0.5, 0.6) is 0 Å². The summed E-state index contributed by atoms with van der Waals surface area (Å²) < 4.78 is 0. The first-order chi connectivity index (χ1) is 8.84. The minimum atomic E-state index is -2.07. The van der Waals surface area contributed by atoms with E-state index in [0.717, 1.165) is 25.7 Å². The molecular weight excluding hydrogens is 250 g/mol. The van der Waals surface area contributed by atoms with Gasteiger partial charge in [0.25, 0.3) is 0 Å². The number of rotatable bonds is 11. The van der Waals surface area contributed by atoms with Crippen LogP contribution in [-0.2, 0) is 14.4 Å². The summed E-state index contributed by atoms with van der Waals surface area (Å²) in [5, 5.41) is 17.6. The van der Waals surface area contributed by atoms with E-state index >= 15 is 0 Å². The van der Waals surface area contributed by atoms with E-state index in [1.807, 2.05) is 0 Å². The lowest BCUT2D eigenvalue weighted by Crippen LogP contribution is -2.55. The van der Waals surface area contributed by atoms with E-state index in [1.54, 1.807) is 0 Å². The van der Waals surface area contributed by atoms with Crippen molar-refractivity contribution in [2.75, 3.05) is 0 Å². The fourth-order valence-corrected chi connectivity index (χ4v) is 1.78. The lowest BCUT2D eigenvalue weighted by atomic mass is 9.87. The fourth-order valence-electron chi connectivity index (χ4n) is 1.78. The van der Waals surface area contributed by atoms with Crippen molar-refractivity contribution in [3.05, 3.63) is 0 Å². The number of carbonyl (C=O) groups excluding carboxylic acids is 1. The molecule has 0 saturated carbocycles. The zero-order valence-corrected chi connectivity index (χ0v) is 11.4. The van der Waals surface area contributed by atoms with Gasteiger partial charge in [-0.3, -0.25) is 9.59 Å². The Morgan fingerprint density at radius 1 is 1.00 bits per heavy atom. The van der Waals surface area contributed by atoms with Crippen LogP contribution in [0.15, 0.2) is 0 Å². The Balaban J connectivity index is 4.32. The summed E-state index contributed by atoms with van der Waals surface area (Å²) in [6.45, 7) is 2.08. The topological polar surface area (TPSA) is 118 Å². The molecule has 0 fully saturated rings. The number of hydrogen-bond donors (Lipinski definition) is 3. The number of hydrogen-bond acceptors (Lipinski definition) is 4. The summed E-state index contributed by atoms with van der Waals surface area (Å²) in [6, 6.07) is 0. The van der Waals surface area contributed by atoms with Crippen LogP contribution >= 0.6 is 0 Å². The van der Waals surface area contributed by atoms with Crippen molar-refractivity contribution >= 4 is 17.7 Å². The molecule has 0 aromatic carbocycles. The highest BCUT2D eigenvalue weighted by molar-refractivity contribution is 6.07. The first-order valence-electron chi connectivity index (χ1n) is 6.62. The van der Waals surface area contributed by atoms with Crippen LogP contribution in [0.25, 0.3) is 0 Å². The van der Waals surface area contributed by atoms with Gasteiger partial charge in [-0.25, -0.2) is 4.79 Å². The molecule has 0 saturated heterocycles. The predicted molar refractivity (Wildman–Crippen MR) is 69.8 cm³/mol. The third kappa shape index (κ3) is 6.33. The second-order valence-electron chi connectivity index (χ2n) is 4.76. The summed E-state index contributed by atoms with van der Waals surface area (Å²) in [5.74, 6) is -3.20. The van der Waals surface area contributed by atoms with E-state index in [0.29, 0.717) is 6.42 Å².